The first-order chi connectivity index (χ1) is 24.0. The van der Waals surface area contributed by atoms with Gasteiger partial charge in [-0.25, -0.2) is 15.0 Å². The summed E-state index contributed by atoms with van der Waals surface area (Å²) in [5.74, 6) is 0.00110. The van der Waals surface area contributed by atoms with E-state index < -0.39 is 30.4 Å². The number of amides is 1. The smallest absolute Gasteiger partial charge is 0.289 e. The highest BCUT2D eigenvalue weighted by atomic mass is 16.6. The predicted molar refractivity (Wildman–Crippen MR) is 180 cm³/mol. The van der Waals surface area contributed by atoms with Crippen LogP contribution in [0.25, 0.3) is 11.2 Å². The summed E-state index contributed by atoms with van der Waals surface area (Å²) in [6.45, 7) is 6.04. The number of fused-ring (bicyclic) bond motifs is 1. The average Bonchev–Trinajstić information content (AvgIpc) is 3.87. The number of anilines is 1. The number of tetrazole rings is 1. The molecule has 2 aliphatic rings. The summed E-state index contributed by atoms with van der Waals surface area (Å²) in [7, 11) is 0. The quantitative estimate of drug-likeness (QED) is 0.153. The molecule has 15 nitrogen and oxygen atoms in total. The molecule has 0 saturated carbocycles. The molecule has 2 saturated heterocycles. The molecule has 0 spiro atoms. The summed E-state index contributed by atoms with van der Waals surface area (Å²) >= 11 is 0. The third-order valence-electron chi connectivity index (χ3n) is 9.18. The number of carbonyl (C=O) groups is 1. The predicted octanol–water partition coefficient (Wildman–Crippen LogP) is 2.28. The number of aryl methyl sites for hydroxylation is 1. The first-order valence-corrected chi connectivity index (χ1v) is 16.9. The Kier molecular flexibility index (Phi) is 9.84. The summed E-state index contributed by atoms with van der Waals surface area (Å²) in [5, 5.41) is 40.8. The van der Waals surface area contributed by atoms with Crippen LogP contribution in [-0.4, -0.2) is 106 Å². The van der Waals surface area contributed by atoms with Crippen molar-refractivity contribution >= 4 is 22.9 Å². The van der Waals surface area contributed by atoms with Crippen LogP contribution in [0.4, 0.5) is 5.82 Å². The highest BCUT2D eigenvalue weighted by Crippen LogP contribution is 2.39. The Morgan fingerprint density at radius 3 is 2.37 bits per heavy atom. The number of aromatic nitrogens is 8. The number of imidazole rings is 1. The van der Waals surface area contributed by atoms with Crippen molar-refractivity contribution in [3.8, 4) is 0 Å². The molecule has 256 valence electrons. The topological polar surface area (TPSA) is 181 Å². The number of nitrogens with one attached hydrogen (secondary N) is 2. The fourth-order valence-electron chi connectivity index (χ4n) is 6.52. The third kappa shape index (κ3) is 7.01. The molecule has 5 aromatic rings. The van der Waals surface area contributed by atoms with Gasteiger partial charge in [-0.1, -0.05) is 67.1 Å². The Labute approximate surface area is 283 Å². The number of aliphatic hydroxyl groups is 2. The zero-order chi connectivity index (χ0) is 33.7. The zero-order valence-corrected chi connectivity index (χ0v) is 27.3. The van der Waals surface area contributed by atoms with Crippen molar-refractivity contribution in [2.45, 2.75) is 63.2 Å². The number of rotatable bonds is 12. The Bertz CT molecular complexity index is 1810. The number of nitrogens with zero attached hydrogens (tertiary/aromatic N) is 9. The maximum absolute atomic E-state index is 13.5. The summed E-state index contributed by atoms with van der Waals surface area (Å²) < 4.78 is 7.64. The van der Waals surface area contributed by atoms with E-state index in [1.54, 1.807) is 0 Å². The number of likely N-dealkylation sites (tertiary alicyclic amines) is 1. The van der Waals surface area contributed by atoms with E-state index in [4.69, 9.17) is 4.74 Å². The molecule has 4 N–H and O–H groups in total. The summed E-state index contributed by atoms with van der Waals surface area (Å²) in [4.78, 5) is 31.2. The fourth-order valence-corrected chi connectivity index (χ4v) is 6.52. The highest BCUT2D eigenvalue weighted by molar-refractivity contribution is 5.94. The molecule has 0 unspecified atom stereocenters. The van der Waals surface area contributed by atoms with Gasteiger partial charge in [0.05, 0.1) is 12.9 Å². The van der Waals surface area contributed by atoms with Crippen molar-refractivity contribution in [1.29, 1.82) is 0 Å². The van der Waals surface area contributed by atoms with Crippen LogP contribution in [0.1, 0.15) is 72.0 Å². The summed E-state index contributed by atoms with van der Waals surface area (Å²) in [5.41, 5.74) is 2.87. The van der Waals surface area contributed by atoms with Crippen molar-refractivity contribution in [3.05, 3.63) is 89.8 Å². The second kappa shape index (κ2) is 14.7. The van der Waals surface area contributed by atoms with E-state index in [1.807, 2.05) is 43.3 Å². The standard InChI is InChI=1S/C34H41N11O4/c1-2-45-41-30(40-42-45)28-26(46)27(47)34(49-28)44-21-37-25-29(36-20-24(22-12-6-3-7-13-22)23-14-8-4-9-15-23)38-31(39-32(25)44)33(48)35-16-19-43-17-10-5-11-18-43/h3-4,6-9,12-15,21,24,26-28,34,46-47H,2,5,10-11,16-20H2,1H3,(H,35,48)(H,36,38,39)/t26-,27-,28-,34+/m0/s1. The number of aliphatic hydroxyl groups excluding tert-OH is 2. The molecular formula is C34H41N11O4. The van der Waals surface area contributed by atoms with Gasteiger partial charge in [0.25, 0.3) is 5.91 Å². The van der Waals surface area contributed by atoms with Gasteiger partial charge in [0.1, 0.15) is 12.2 Å². The van der Waals surface area contributed by atoms with Gasteiger partial charge in [-0.3, -0.25) is 9.36 Å². The normalized spacial score (nSPS) is 21.4. The van der Waals surface area contributed by atoms with E-state index in [0.717, 1.165) is 43.6 Å². The van der Waals surface area contributed by atoms with Gasteiger partial charge in [-0.15, -0.1) is 10.2 Å². The molecule has 2 aromatic carbocycles. The maximum Gasteiger partial charge on any atom is 0.289 e. The van der Waals surface area contributed by atoms with Crippen LogP contribution in [0.3, 0.4) is 0 Å². The molecule has 2 aliphatic heterocycles. The van der Waals surface area contributed by atoms with E-state index in [0.29, 0.717) is 31.0 Å². The largest absolute Gasteiger partial charge is 0.387 e. The van der Waals surface area contributed by atoms with Crippen LogP contribution in [-0.2, 0) is 11.3 Å². The molecule has 0 bridgehead atoms. The van der Waals surface area contributed by atoms with E-state index in [-0.39, 0.29) is 23.2 Å². The van der Waals surface area contributed by atoms with Gasteiger partial charge in [-0.2, -0.15) is 4.80 Å². The van der Waals surface area contributed by atoms with Crippen LogP contribution in [0.2, 0.25) is 0 Å². The van der Waals surface area contributed by atoms with Crippen LogP contribution in [0.5, 0.6) is 0 Å². The lowest BCUT2D eigenvalue weighted by Crippen LogP contribution is -2.38. The summed E-state index contributed by atoms with van der Waals surface area (Å²) in [6, 6.07) is 20.3. The zero-order valence-electron chi connectivity index (χ0n) is 27.3. The van der Waals surface area contributed by atoms with Gasteiger partial charge < -0.3 is 30.5 Å². The van der Waals surface area contributed by atoms with Gasteiger partial charge in [0, 0.05) is 25.6 Å². The number of benzene rings is 2. The number of piperidine rings is 1. The van der Waals surface area contributed by atoms with Crippen LogP contribution < -0.4 is 10.6 Å². The molecule has 1 amide bonds. The maximum atomic E-state index is 13.5. The number of ether oxygens (including phenoxy) is 1. The van der Waals surface area contributed by atoms with Gasteiger partial charge in [0.2, 0.25) is 11.6 Å². The Morgan fingerprint density at radius 1 is 0.980 bits per heavy atom. The molecule has 7 rings (SSSR count). The average molecular weight is 668 g/mol. The van der Waals surface area contributed by atoms with Crippen LogP contribution in [0.15, 0.2) is 67.0 Å². The van der Waals surface area contributed by atoms with Crippen LogP contribution >= 0.6 is 0 Å². The number of hydrogen-bond acceptors (Lipinski definition) is 12. The molecule has 49 heavy (non-hydrogen) atoms. The minimum Gasteiger partial charge on any atom is -0.387 e. The lowest BCUT2D eigenvalue weighted by Gasteiger charge is -2.26. The third-order valence-corrected chi connectivity index (χ3v) is 9.18. The van der Waals surface area contributed by atoms with E-state index in [9.17, 15) is 15.0 Å². The van der Waals surface area contributed by atoms with E-state index in [1.165, 1.54) is 22.1 Å². The van der Waals surface area contributed by atoms with Crippen molar-refractivity contribution < 1.29 is 19.7 Å². The van der Waals surface area contributed by atoms with Crippen LogP contribution in [0, 0.1) is 0 Å². The van der Waals surface area contributed by atoms with Gasteiger partial charge in [-0.05, 0) is 49.2 Å². The molecule has 2 fully saturated rings. The minimum atomic E-state index is -1.37. The first kappa shape index (κ1) is 32.7. The SMILES string of the molecule is CCn1nnc([C@H]2O[C@@H](n3cnc4c(NCC(c5ccccc5)c5ccccc5)nc(C(=O)NCCN5CCCCC5)nc43)[C@@H](O)[C@@H]2O)n1. The molecule has 0 aliphatic carbocycles. The monoisotopic (exact) mass is 667 g/mol. The Morgan fingerprint density at radius 2 is 1.69 bits per heavy atom. The second-order valence-electron chi connectivity index (χ2n) is 12.4. The minimum absolute atomic E-state index is 0.0312. The van der Waals surface area contributed by atoms with Crippen molar-refractivity contribution in [2.24, 2.45) is 0 Å². The molecule has 5 heterocycles. The summed E-state index contributed by atoms with van der Waals surface area (Å²) in [6.07, 6.45) is 0.186. The van der Waals surface area contributed by atoms with Gasteiger partial charge in [0.15, 0.2) is 29.3 Å². The number of hydrogen-bond donors (Lipinski definition) is 4. The van der Waals surface area contributed by atoms with Crippen molar-refractivity contribution in [2.75, 3.05) is 38.0 Å². The lowest BCUT2D eigenvalue weighted by molar-refractivity contribution is -0.0384. The molecule has 0 radical (unpaired) electrons. The second-order valence-corrected chi connectivity index (χ2v) is 12.4. The Hall–Kier alpha value is -4.83. The molecule has 15 heteroatoms. The van der Waals surface area contributed by atoms with Crippen molar-refractivity contribution in [1.82, 2.24) is 49.9 Å². The van der Waals surface area contributed by atoms with Gasteiger partial charge >= 0.3 is 0 Å². The molecule has 4 atom stereocenters. The highest BCUT2D eigenvalue weighted by Gasteiger charge is 2.47. The van der Waals surface area contributed by atoms with E-state index in [2.05, 4.69) is 70.2 Å². The fraction of sp³-hybridized carbons (Fsp3) is 0.441. The lowest BCUT2D eigenvalue weighted by atomic mass is 9.91. The first-order valence-electron chi connectivity index (χ1n) is 16.9. The Balaban J connectivity index is 1.20. The van der Waals surface area contributed by atoms with E-state index >= 15 is 0 Å². The molecular weight excluding hydrogens is 626 g/mol. The van der Waals surface area contributed by atoms with Crippen molar-refractivity contribution in [3.63, 3.8) is 0 Å². The number of carbonyl (C=O) groups excluding carboxylic acids is 1. The molecule has 3 aromatic heterocycles.